The van der Waals surface area contributed by atoms with Gasteiger partial charge in [0.2, 0.25) is 5.91 Å². The molecule has 0 radical (unpaired) electrons. The molecule has 0 unspecified atom stereocenters. The lowest BCUT2D eigenvalue weighted by molar-refractivity contribution is -0.131. The number of benzene rings is 1. The number of halogens is 3. The Kier molecular flexibility index (Phi) is 6.16. The molecule has 0 N–H and O–H groups in total. The summed E-state index contributed by atoms with van der Waals surface area (Å²) in [5.41, 5.74) is 0.698. The SMILES string of the molecule is O=C(Cc1ccc(Cl)cc1Cl)N1CCN(S(=O)(=O)c2ccc(Cl)s2)CC1. The van der Waals surface area contributed by atoms with Crippen LogP contribution >= 0.6 is 46.1 Å². The van der Waals surface area contributed by atoms with Gasteiger partial charge in [-0.05, 0) is 29.8 Å². The van der Waals surface area contributed by atoms with Crippen LogP contribution < -0.4 is 0 Å². The maximum atomic E-state index is 12.6. The molecular weight excluding hydrogens is 439 g/mol. The minimum atomic E-state index is -3.57. The summed E-state index contributed by atoms with van der Waals surface area (Å²) in [6, 6.07) is 8.08. The van der Waals surface area contributed by atoms with E-state index in [1.54, 1.807) is 29.2 Å². The lowest BCUT2D eigenvalue weighted by Gasteiger charge is -2.33. The van der Waals surface area contributed by atoms with Crippen molar-refractivity contribution in [3.05, 3.63) is 50.3 Å². The van der Waals surface area contributed by atoms with E-state index in [1.807, 2.05) is 0 Å². The number of carbonyl (C=O) groups excluding carboxylic acids is 1. The first kappa shape index (κ1) is 19.9. The topological polar surface area (TPSA) is 57.7 Å². The molecule has 10 heteroatoms. The van der Waals surface area contributed by atoms with Gasteiger partial charge in [-0.2, -0.15) is 4.31 Å². The summed E-state index contributed by atoms with van der Waals surface area (Å²) in [7, 11) is -3.57. The fraction of sp³-hybridized carbons (Fsp3) is 0.312. The first-order valence-electron chi connectivity index (χ1n) is 7.74. The molecule has 3 rings (SSSR count). The van der Waals surface area contributed by atoms with Crippen molar-refractivity contribution in [1.82, 2.24) is 9.21 Å². The number of carbonyl (C=O) groups is 1. The zero-order chi connectivity index (χ0) is 18.9. The van der Waals surface area contributed by atoms with Gasteiger partial charge in [-0.1, -0.05) is 40.9 Å². The number of rotatable bonds is 4. The second-order valence-corrected chi connectivity index (χ2v) is 10.5. The number of sulfonamides is 1. The Morgan fingerprint density at radius 2 is 1.73 bits per heavy atom. The van der Waals surface area contributed by atoms with Crippen LogP contribution in [-0.4, -0.2) is 49.7 Å². The molecule has 140 valence electrons. The van der Waals surface area contributed by atoms with Crippen LogP contribution in [0.1, 0.15) is 5.56 Å². The fourth-order valence-corrected chi connectivity index (χ4v) is 6.22. The molecule has 0 saturated carbocycles. The maximum Gasteiger partial charge on any atom is 0.252 e. The molecule has 2 aromatic rings. The highest BCUT2D eigenvalue weighted by atomic mass is 35.5. The highest BCUT2D eigenvalue weighted by Crippen LogP contribution is 2.29. The predicted octanol–water partition coefficient (Wildman–Crippen LogP) is 3.78. The van der Waals surface area contributed by atoms with Crippen LogP contribution in [0.2, 0.25) is 14.4 Å². The van der Waals surface area contributed by atoms with Crippen LogP contribution in [0.3, 0.4) is 0 Å². The highest BCUT2D eigenvalue weighted by Gasteiger charge is 2.31. The molecule has 1 fully saturated rings. The van der Waals surface area contributed by atoms with Gasteiger partial charge in [0.15, 0.2) is 0 Å². The first-order valence-corrected chi connectivity index (χ1v) is 11.1. The van der Waals surface area contributed by atoms with E-state index in [4.69, 9.17) is 34.8 Å². The molecule has 1 aromatic heterocycles. The third-order valence-corrected chi connectivity index (χ3v) is 8.27. The Morgan fingerprint density at radius 3 is 2.31 bits per heavy atom. The minimum absolute atomic E-state index is 0.0922. The average Bonchev–Trinajstić information content (AvgIpc) is 3.05. The van der Waals surface area contributed by atoms with E-state index in [-0.39, 0.29) is 29.6 Å². The van der Waals surface area contributed by atoms with Crippen molar-refractivity contribution in [1.29, 1.82) is 0 Å². The Labute approximate surface area is 171 Å². The van der Waals surface area contributed by atoms with E-state index in [0.717, 1.165) is 11.3 Å². The van der Waals surface area contributed by atoms with Gasteiger partial charge in [0.05, 0.1) is 10.8 Å². The molecule has 1 saturated heterocycles. The maximum absolute atomic E-state index is 12.6. The van der Waals surface area contributed by atoms with Crippen LogP contribution in [0.4, 0.5) is 0 Å². The molecule has 1 aromatic carbocycles. The van der Waals surface area contributed by atoms with Gasteiger partial charge >= 0.3 is 0 Å². The molecular formula is C16H15Cl3N2O3S2. The Bertz CT molecular complexity index is 923. The van der Waals surface area contributed by atoms with Crippen LogP contribution in [0.5, 0.6) is 0 Å². The lowest BCUT2D eigenvalue weighted by atomic mass is 10.1. The van der Waals surface area contributed by atoms with Gasteiger partial charge in [-0.15, -0.1) is 11.3 Å². The summed E-state index contributed by atoms with van der Waals surface area (Å²) in [6.07, 6.45) is 0.156. The molecule has 2 heterocycles. The lowest BCUT2D eigenvalue weighted by Crippen LogP contribution is -2.50. The number of piperazine rings is 1. The van der Waals surface area contributed by atoms with E-state index < -0.39 is 10.0 Å². The van der Waals surface area contributed by atoms with Crippen LogP contribution in [0.15, 0.2) is 34.5 Å². The molecule has 0 atom stereocenters. The van der Waals surface area contributed by atoms with E-state index in [9.17, 15) is 13.2 Å². The molecule has 1 amide bonds. The zero-order valence-corrected chi connectivity index (χ0v) is 17.4. The Morgan fingerprint density at radius 1 is 1.04 bits per heavy atom. The normalized spacial score (nSPS) is 16.0. The second-order valence-electron chi connectivity index (χ2n) is 5.76. The number of hydrogen-bond donors (Lipinski definition) is 0. The average molecular weight is 454 g/mol. The molecule has 0 spiro atoms. The molecule has 26 heavy (non-hydrogen) atoms. The van der Waals surface area contributed by atoms with Crippen molar-refractivity contribution in [2.24, 2.45) is 0 Å². The van der Waals surface area contributed by atoms with E-state index in [0.29, 0.717) is 33.0 Å². The predicted molar refractivity (Wildman–Crippen MR) is 105 cm³/mol. The Balaban J connectivity index is 1.62. The summed E-state index contributed by atoms with van der Waals surface area (Å²) in [5.74, 6) is -0.0922. The van der Waals surface area contributed by atoms with Crippen molar-refractivity contribution in [2.75, 3.05) is 26.2 Å². The van der Waals surface area contributed by atoms with Crippen LogP contribution in [0, 0.1) is 0 Å². The van der Waals surface area contributed by atoms with Crippen molar-refractivity contribution in [3.8, 4) is 0 Å². The van der Waals surface area contributed by atoms with Gasteiger partial charge < -0.3 is 4.90 Å². The van der Waals surface area contributed by atoms with Crippen LogP contribution in [0.25, 0.3) is 0 Å². The molecule has 1 aliphatic rings. The van der Waals surface area contributed by atoms with E-state index in [1.165, 1.54) is 10.4 Å². The van der Waals surface area contributed by atoms with Gasteiger partial charge in [-0.3, -0.25) is 4.79 Å². The first-order chi connectivity index (χ1) is 12.3. The largest absolute Gasteiger partial charge is 0.340 e. The van der Waals surface area contributed by atoms with Crippen molar-refractivity contribution in [3.63, 3.8) is 0 Å². The quantitative estimate of drug-likeness (QED) is 0.708. The van der Waals surface area contributed by atoms with E-state index in [2.05, 4.69) is 0 Å². The van der Waals surface area contributed by atoms with Gasteiger partial charge in [-0.25, -0.2) is 8.42 Å². The summed E-state index contributed by atoms with van der Waals surface area (Å²) < 4.78 is 27.2. The fourth-order valence-electron chi connectivity index (χ4n) is 2.68. The highest BCUT2D eigenvalue weighted by molar-refractivity contribution is 7.91. The Hall–Kier alpha value is -0.830. The third-order valence-electron chi connectivity index (χ3n) is 4.09. The van der Waals surface area contributed by atoms with Crippen molar-refractivity contribution in [2.45, 2.75) is 10.6 Å². The summed E-state index contributed by atoms with van der Waals surface area (Å²) in [5, 5.41) is 0.959. The molecule has 5 nitrogen and oxygen atoms in total. The summed E-state index contributed by atoms with van der Waals surface area (Å²) in [4.78, 5) is 14.1. The monoisotopic (exact) mass is 452 g/mol. The zero-order valence-electron chi connectivity index (χ0n) is 13.5. The smallest absolute Gasteiger partial charge is 0.252 e. The standard InChI is InChI=1S/C16H15Cl3N2O3S2/c17-12-2-1-11(13(18)10-12)9-15(22)20-5-7-21(8-6-20)26(23,24)16-4-3-14(19)25-16/h1-4,10H,5-9H2. The molecule has 0 bridgehead atoms. The van der Waals surface area contributed by atoms with E-state index >= 15 is 0 Å². The van der Waals surface area contributed by atoms with Crippen molar-refractivity contribution < 1.29 is 13.2 Å². The van der Waals surface area contributed by atoms with Crippen LogP contribution in [-0.2, 0) is 21.2 Å². The summed E-state index contributed by atoms with van der Waals surface area (Å²) >= 11 is 18.8. The number of hydrogen-bond acceptors (Lipinski definition) is 4. The van der Waals surface area contributed by atoms with Gasteiger partial charge in [0.25, 0.3) is 10.0 Å². The molecule has 1 aliphatic heterocycles. The number of nitrogens with zero attached hydrogens (tertiary/aromatic N) is 2. The minimum Gasteiger partial charge on any atom is -0.340 e. The number of thiophene rings is 1. The molecule has 0 aliphatic carbocycles. The summed E-state index contributed by atoms with van der Waals surface area (Å²) in [6.45, 7) is 1.17. The number of amides is 1. The third kappa shape index (κ3) is 4.35. The second kappa shape index (κ2) is 8.04. The van der Waals surface area contributed by atoms with Gasteiger partial charge in [0.1, 0.15) is 4.21 Å². The van der Waals surface area contributed by atoms with Crippen molar-refractivity contribution >= 4 is 62.1 Å². The van der Waals surface area contributed by atoms with Gasteiger partial charge in [0, 0.05) is 36.2 Å².